The first-order valence-electron chi connectivity index (χ1n) is 10.3. The summed E-state index contributed by atoms with van der Waals surface area (Å²) in [5.41, 5.74) is 3.70. The van der Waals surface area contributed by atoms with Crippen molar-refractivity contribution in [1.82, 2.24) is 10.2 Å². The van der Waals surface area contributed by atoms with Gasteiger partial charge in [-0.3, -0.25) is 14.5 Å². The predicted octanol–water partition coefficient (Wildman–Crippen LogP) is 4.16. The maximum absolute atomic E-state index is 13.0. The third-order valence-electron chi connectivity index (χ3n) is 5.90. The number of aryl methyl sites for hydroxylation is 1. The second-order valence-electron chi connectivity index (χ2n) is 8.14. The number of carboxylic acid groups (broad SMARTS) is 1. The molecular formula is C25H26N2O3. The monoisotopic (exact) mass is 402 g/mol. The SMILES string of the molecule is Cc1ccc(CN2CC(C(=O)O)C2)cc1C(=O)NC(C)c1cccc2ccccc12. The van der Waals surface area contributed by atoms with Gasteiger partial charge < -0.3 is 10.4 Å². The normalized spacial score (nSPS) is 15.5. The van der Waals surface area contributed by atoms with Crippen LogP contribution < -0.4 is 5.32 Å². The maximum atomic E-state index is 13.0. The Morgan fingerprint density at radius 3 is 2.60 bits per heavy atom. The number of amides is 1. The zero-order valence-electron chi connectivity index (χ0n) is 17.3. The van der Waals surface area contributed by atoms with Gasteiger partial charge in [0.2, 0.25) is 0 Å². The van der Waals surface area contributed by atoms with Crippen LogP contribution in [0, 0.1) is 12.8 Å². The van der Waals surface area contributed by atoms with Crippen LogP contribution in [0.15, 0.2) is 60.7 Å². The van der Waals surface area contributed by atoms with E-state index in [4.69, 9.17) is 5.11 Å². The number of carbonyl (C=O) groups is 2. The number of nitrogens with one attached hydrogen (secondary N) is 1. The number of carbonyl (C=O) groups excluding carboxylic acids is 1. The first-order chi connectivity index (χ1) is 14.4. The van der Waals surface area contributed by atoms with Gasteiger partial charge in [-0.1, -0.05) is 54.6 Å². The number of rotatable bonds is 6. The predicted molar refractivity (Wildman–Crippen MR) is 117 cm³/mol. The number of aliphatic carboxylic acids is 1. The molecule has 2 N–H and O–H groups in total. The van der Waals surface area contributed by atoms with Gasteiger partial charge in [0.15, 0.2) is 0 Å². The Morgan fingerprint density at radius 2 is 1.83 bits per heavy atom. The molecule has 1 aliphatic heterocycles. The Labute approximate surface area is 176 Å². The topological polar surface area (TPSA) is 69.6 Å². The van der Waals surface area contributed by atoms with Crippen LogP contribution >= 0.6 is 0 Å². The van der Waals surface area contributed by atoms with Crippen LogP contribution in [0.4, 0.5) is 0 Å². The molecule has 3 aromatic rings. The largest absolute Gasteiger partial charge is 0.481 e. The molecule has 0 aliphatic carbocycles. The molecule has 4 rings (SSSR count). The Kier molecular flexibility index (Phi) is 5.55. The zero-order valence-corrected chi connectivity index (χ0v) is 17.3. The van der Waals surface area contributed by atoms with Crippen molar-refractivity contribution in [3.05, 3.63) is 82.9 Å². The van der Waals surface area contributed by atoms with E-state index < -0.39 is 5.97 Å². The van der Waals surface area contributed by atoms with Gasteiger partial charge in [-0.15, -0.1) is 0 Å². The molecule has 0 radical (unpaired) electrons. The lowest BCUT2D eigenvalue weighted by molar-refractivity contribution is -0.147. The second kappa shape index (κ2) is 8.28. The first-order valence-corrected chi connectivity index (χ1v) is 10.3. The minimum atomic E-state index is -0.738. The van der Waals surface area contributed by atoms with Gasteiger partial charge in [0, 0.05) is 25.2 Å². The molecule has 1 aliphatic rings. The lowest BCUT2D eigenvalue weighted by Gasteiger charge is -2.36. The Morgan fingerprint density at radius 1 is 1.10 bits per heavy atom. The highest BCUT2D eigenvalue weighted by Gasteiger charge is 2.32. The highest BCUT2D eigenvalue weighted by Crippen LogP contribution is 2.25. The molecular weight excluding hydrogens is 376 g/mol. The summed E-state index contributed by atoms with van der Waals surface area (Å²) in [7, 11) is 0. The van der Waals surface area contributed by atoms with Crippen LogP contribution in [0.5, 0.6) is 0 Å². The molecule has 154 valence electrons. The Balaban J connectivity index is 1.48. The van der Waals surface area contributed by atoms with Crippen LogP contribution in [0.25, 0.3) is 10.8 Å². The summed E-state index contributed by atoms with van der Waals surface area (Å²) in [5, 5.41) is 14.5. The molecule has 1 saturated heterocycles. The lowest BCUT2D eigenvalue weighted by atomic mass is 9.97. The molecule has 0 bridgehead atoms. The number of nitrogens with zero attached hydrogens (tertiary/aromatic N) is 1. The summed E-state index contributed by atoms with van der Waals surface area (Å²) in [4.78, 5) is 26.1. The number of hydrogen-bond acceptors (Lipinski definition) is 3. The second-order valence-corrected chi connectivity index (χ2v) is 8.14. The van der Waals surface area contributed by atoms with Gasteiger partial charge in [0.1, 0.15) is 0 Å². The van der Waals surface area contributed by atoms with Crippen molar-refractivity contribution in [3.63, 3.8) is 0 Å². The molecule has 1 heterocycles. The van der Waals surface area contributed by atoms with Gasteiger partial charge in [0.05, 0.1) is 12.0 Å². The standard InChI is InChI=1S/C25H26N2O3/c1-16-10-11-18(13-27-14-20(15-27)25(29)30)12-23(16)24(28)26-17(2)21-9-5-7-19-6-3-4-8-22(19)21/h3-12,17,20H,13-15H2,1-2H3,(H,26,28)(H,29,30). The quantitative estimate of drug-likeness (QED) is 0.650. The molecule has 0 spiro atoms. The highest BCUT2D eigenvalue weighted by atomic mass is 16.4. The molecule has 1 amide bonds. The highest BCUT2D eigenvalue weighted by molar-refractivity contribution is 5.96. The smallest absolute Gasteiger partial charge is 0.309 e. The molecule has 1 atom stereocenters. The Bertz CT molecular complexity index is 1100. The molecule has 3 aromatic carbocycles. The van der Waals surface area contributed by atoms with Crippen LogP contribution in [-0.2, 0) is 11.3 Å². The van der Waals surface area contributed by atoms with Gasteiger partial charge in [0.25, 0.3) is 5.91 Å². The molecule has 1 fully saturated rings. The van der Waals surface area contributed by atoms with Crippen molar-refractivity contribution in [1.29, 1.82) is 0 Å². The fourth-order valence-electron chi connectivity index (χ4n) is 4.11. The molecule has 1 unspecified atom stereocenters. The number of fused-ring (bicyclic) bond motifs is 1. The van der Waals surface area contributed by atoms with E-state index >= 15 is 0 Å². The van der Waals surface area contributed by atoms with E-state index in [1.54, 1.807) is 0 Å². The number of benzene rings is 3. The van der Waals surface area contributed by atoms with Gasteiger partial charge >= 0.3 is 5.97 Å². The van der Waals surface area contributed by atoms with Crippen molar-refractivity contribution >= 4 is 22.6 Å². The van der Waals surface area contributed by atoms with E-state index in [9.17, 15) is 9.59 Å². The minimum Gasteiger partial charge on any atom is -0.481 e. The number of likely N-dealkylation sites (tertiary alicyclic amines) is 1. The molecule has 30 heavy (non-hydrogen) atoms. The van der Waals surface area contributed by atoms with Crippen molar-refractivity contribution in [2.24, 2.45) is 5.92 Å². The van der Waals surface area contributed by atoms with Gasteiger partial charge in [-0.25, -0.2) is 0 Å². The average Bonchev–Trinajstić information content (AvgIpc) is 2.70. The van der Waals surface area contributed by atoms with Gasteiger partial charge in [-0.2, -0.15) is 0 Å². The molecule has 0 saturated carbocycles. The fourth-order valence-corrected chi connectivity index (χ4v) is 4.11. The van der Waals surface area contributed by atoms with E-state index in [0.29, 0.717) is 25.2 Å². The Hall–Kier alpha value is -3.18. The van der Waals surface area contributed by atoms with Crippen LogP contribution in [-0.4, -0.2) is 35.0 Å². The van der Waals surface area contributed by atoms with Crippen LogP contribution in [0.3, 0.4) is 0 Å². The zero-order chi connectivity index (χ0) is 21.3. The van der Waals surface area contributed by atoms with Crippen LogP contribution in [0.1, 0.15) is 40.0 Å². The van der Waals surface area contributed by atoms with Crippen molar-refractivity contribution in [2.45, 2.75) is 26.4 Å². The third kappa shape index (κ3) is 4.07. The fraction of sp³-hybridized carbons (Fsp3) is 0.280. The first kappa shape index (κ1) is 20.1. The summed E-state index contributed by atoms with van der Waals surface area (Å²) >= 11 is 0. The molecule has 5 nitrogen and oxygen atoms in total. The van der Waals surface area contributed by atoms with Crippen LogP contribution in [0.2, 0.25) is 0 Å². The summed E-state index contributed by atoms with van der Waals surface area (Å²) in [6.07, 6.45) is 0. The van der Waals surface area contributed by atoms with E-state index in [-0.39, 0.29) is 17.9 Å². The van der Waals surface area contributed by atoms with E-state index in [1.807, 2.05) is 50.2 Å². The average molecular weight is 402 g/mol. The number of carboxylic acids is 1. The van der Waals surface area contributed by atoms with Gasteiger partial charge in [-0.05, 0) is 47.4 Å². The lowest BCUT2D eigenvalue weighted by Crippen LogP contribution is -2.49. The van der Waals surface area contributed by atoms with E-state index in [1.165, 1.54) is 0 Å². The van der Waals surface area contributed by atoms with E-state index in [2.05, 4.69) is 34.5 Å². The summed E-state index contributed by atoms with van der Waals surface area (Å²) in [6, 6.07) is 20.1. The molecule has 5 heteroatoms. The van der Waals surface area contributed by atoms with Crippen molar-refractivity contribution in [3.8, 4) is 0 Å². The molecule has 0 aromatic heterocycles. The summed E-state index contributed by atoms with van der Waals surface area (Å²) < 4.78 is 0. The van der Waals surface area contributed by atoms with E-state index in [0.717, 1.165) is 27.5 Å². The summed E-state index contributed by atoms with van der Waals surface area (Å²) in [5.74, 6) is -1.11. The van der Waals surface area contributed by atoms with Crippen molar-refractivity contribution in [2.75, 3.05) is 13.1 Å². The third-order valence-corrected chi connectivity index (χ3v) is 5.90. The minimum absolute atomic E-state index is 0.0955. The summed E-state index contributed by atoms with van der Waals surface area (Å²) in [6.45, 7) is 5.71. The maximum Gasteiger partial charge on any atom is 0.309 e. The van der Waals surface area contributed by atoms with Crippen molar-refractivity contribution < 1.29 is 14.7 Å². The number of hydrogen-bond donors (Lipinski definition) is 2.